The van der Waals surface area contributed by atoms with Crippen LogP contribution < -0.4 is 0 Å². The van der Waals surface area contributed by atoms with Crippen LogP contribution in [0.25, 0.3) is 6.08 Å². The Bertz CT molecular complexity index is 479. The topological polar surface area (TPSA) is 49.8 Å². The van der Waals surface area contributed by atoms with Gasteiger partial charge in [-0.05, 0) is 36.9 Å². The summed E-state index contributed by atoms with van der Waals surface area (Å²) in [5, 5.41) is 10.6. The Kier molecular flexibility index (Phi) is 4.39. The SMILES string of the molecule is CC1(C)COCCN1Cc1cc(C=CC(=O)O)cs1. The van der Waals surface area contributed by atoms with Crippen LogP contribution in [0.15, 0.2) is 17.5 Å². The quantitative estimate of drug-likeness (QED) is 0.861. The highest BCUT2D eigenvalue weighted by Gasteiger charge is 2.30. The first-order chi connectivity index (χ1) is 8.97. The monoisotopic (exact) mass is 281 g/mol. The summed E-state index contributed by atoms with van der Waals surface area (Å²) in [4.78, 5) is 14.1. The zero-order valence-corrected chi connectivity index (χ0v) is 12.1. The highest BCUT2D eigenvalue weighted by atomic mass is 32.1. The van der Waals surface area contributed by atoms with Gasteiger partial charge in [-0.2, -0.15) is 0 Å². The predicted octanol–water partition coefficient (Wildman–Crippen LogP) is 2.46. The van der Waals surface area contributed by atoms with Gasteiger partial charge in [0, 0.05) is 29.6 Å². The minimum Gasteiger partial charge on any atom is -0.478 e. The zero-order chi connectivity index (χ0) is 13.9. The third kappa shape index (κ3) is 3.89. The fourth-order valence-corrected chi connectivity index (χ4v) is 2.98. The van der Waals surface area contributed by atoms with E-state index in [1.165, 1.54) is 11.0 Å². The molecule has 1 saturated heterocycles. The standard InChI is InChI=1S/C14H19NO3S/c1-14(2)10-18-6-5-15(14)8-12-7-11(9-19-12)3-4-13(16)17/h3-4,7,9H,5-6,8,10H2,1-2H3,(H,16,17). The third-order valence-electron chi connectivity index (χ3n) is 3.26. The molecule has 0 aliphatic carbocycles. The van der Waals surface area contributed by atoms with Crippen LogP contribution in [0.1, 0.15) is 24.3 Å². The Morgan fingerprint density at radius 3 is 3.11 bits per heavy atom. The Labute approximate surface area is 117 Å². The molecular formula is C14H19NO3S. The summed E-state index contributed by atoms with van der Waals surface area (Å²) in [5.74, 6) is -0.915. The van der Waals surface area contributed by atoms with Crippen molar-refractivity contribution in [1.82, 2.24) is 4.90 Å². The van der Waals surface area contributed by atoms with Gasteiger partial charge in [0.2, 0.25) is 0 Å². The number of rotatable bonds is 4. The van der Waals surface area contributed by atoms with Gasteiger partial charge in [0.05, 0.1) is 13.2 Å². The molecule has 0 aromatic carbocycles. The van der Waals surface area contributed by atoms with Crippen LogP contribution in [-0.4, -0.2) is 41.3 Å². The summed E-state index contributed by atoms with van der Waals surface area (Å²) in [6.45, 7) is 7.73. The summed E-state index contributed by atoms with van der Waals surface area (Å²) < 4.78 is 5.51. The van der Waals surface area contributed by atoms with Gasteiger partial charge in [0.25, 0.3) is 0 Å². The first-order valence-corrected chi connectivity index (χ1v) is 7.16. The van der Waals surface area contributed by atoms with E-state index in [0.717, 1.165) is 31.9 Å². The minimum absolute atomic E-state index is 0.0549. The lowest BCUT2D eigenvalue weighted by atomic mass is 10.0. The fraction of sp³-hybridized carbons (Fsp3) is 0.500. The lowest BCUT2D eigenvalue weighted by molar-refractivity contribution is -0.131. The van der Waals surface area contributed by atoms with E-state index in [9.17, 15) is 4.79 Å². The summed E-state index contributed by atoms with van der Waals surface area (Å²) in [5.41, 5.74) is 1.01. The number of carboxylic acids is 1. The Morgan fingerprint density at radius 2 is 2.42 bits per heavy atom. The van der Waals surface area contributed by atoms with E-state index in [2.05, 4.69) is 24.8 Å². The Hall–Kier alpha value is -1.17. The minimum atomic E-state index is -0.915. The molecule has 1 N–H and O–H groups in total. The molecule has 0 saturated carbocycles. The summed E-state index contributed by atoms with van der Waals surface area (Å²) >= 11 is 1.67. The van der Waals surface area contributed by atoms with Crippen LogP contribution >= 0.6 is 11.3 Å². The van der Waals surface area contributed by atoms with E-state index in [1.807, 2.05) is 5.38 Å². The lowest BCUT2D eigenvalue weighted by Gasteiger charge is -2.41. The van der Waals surface area contributed by atoms with Crippen molar-refractivity contribution < 1.29 is 14.6 Å². The molecule has 19 heavy (non-hydrogen) atoms. The average Bonchev–Trinajstić information content (AvgIpc) is 2.77. The number of thiophene rings is 1. The zero-order valence-electron chi connectivity index (χ0n) is 11.3. The molecule has 2 heterocycles. The molecule has 0 bridgehead atoms. The van der Waals surface area contributed by atoms with Crippen LogP contribution in [0.2, 0.25) is 0 Å². The van der Waals surface area contributed by atoms with Gasteiger partial charge in [0.15, 0.2) is 0 Å². The Morgan fingerprint density at radius 1 is 1.63 bits per heavy atom. The molecule has 5 heteroatoms. The summed E-state index contributed by atoms with van der Waals surface area (Å²) in [7, 11) is 0. The van der Waals surface area contributed by atoms with E-state index >= 15 is 0 Å². The molecule has 0 atom stereocenters. The number of carbonyl (C=O) groups is 1. The van der Waals surface area contributed by atoms with Crippen LogP contribution in [0.4, 0.5) is 0 Å². The van der Waals surface area contributed by atoms with Crippen LogP contribution in [0, 0.1) is 0 Å². The van der Waals surface area contributed by atoms with E-state index in [0.29, 0.717) is 0 Å². The molecular weight excluding hydrogens is 262 g/mol. The fourth-order valence-electron chi connectivity index (χ4n) is 2.11. The van der Waals surface area contributed by atoms with Crippen molar-refractivity contribution in [2.45, 2.75) is 25.9 Å². The second kappa shape index (κ2) is 5.86. The molecule has 0 spiro atoms. The molecule has 1 aromatic heterocycles. The number of morpholine rings is 1. The molecule has 0 amide bonds. The highest BCUT2D eigenvalue weighted by molar-refractivity contribution is 7.10. The van der Waals surface area contributed by atoms with Crippen molar-refractivity contribution in [2.24, 2.45) is 0 Å². The van der Waals surface area contributed by atoms with E-state index in [4.69, 9.17) is 9.84 Å². The van der Waals surface area contributed by atoms with Gasteiger partial charge in [0.1, 0.15) is 0 Å². The van der Waals surface area contributed by atoms with Gasteiger partial charge in [-0.3, -0.25) is 4.90 Å². The van der Waals surface area contributed by atoms with Gasteiger partial charge in [-0.25, -0.2) is 4.79 Å². The normalized spacial score (nSPS) is 19.9. The van der Waals surface area contributed by atoms with Crippen molar-refractivity contribution in [3.8, 4) is 0 Å². The van der Waals surface area contributed by atoms with Crippen LogP contribution in [0.5, 0.6) is 0 Å². The van der Waals surface area contributed by atoms with E-state index < -0.39 is 5.97 Å². The molecule has 4 nitrogen and oxygen atoms in total. The maximum absolute atomic E-state index is 10.5. The maximum atomic E-state index is 10.5. The molecule has 2 rings (SSSR count). The molecule has 1 aromatic rings. The second-order valence-electron chi connectivity index (χ2n) is 5.30. The number of carboxylic acid groups (broad SMARTS) is 1. The van der Waals surface area contributed by atoms with Crippen molar-refractivity contribution in [1.29, 1.82) is 0 Å². The summed E-state index contributed by atoms with van der Waals surface area (Å²) in [6.07, 6.45) is 2.80. The van der Waals surface area contributed by atoms with Gasteiger partial charge >= 0.3 is 5.97 Å². The number of aliphatic carboxylic acids is 1. The van der Waals surface area contributed by atoms with E-state index in [1.54, 1.807) is 17.4 Å². The molecule has 1 aliphatic rings. The smallest absolute Gasteiger partial charge is 0.328 e. The first kappa shape index (κ1) is 14.2. The first-order valence-electron chi connectivity index (χ1n) is 6.28. The van der Waals surface area contributed by atoms with Gasteiger partial charge in [-0.1, -0.05) is 0 Å². The van der Waals surface area contributed by atoms with Gasteiger partial charge in [-0.15, -0.1) is 11.3 Å². The van der Waals surface area contributed by atoms with Crippen molar-refractivity contribution >= 4 is 23.4 Å². The van der Waals surface area contributed by atoms with Gasteiger partial charge < -0.3 is 9.84 Å². The van der Waals surface area contributed by atoms with Crippen molar-refractivity contribution in [3.05, 3.63) is 28.0 Å². The highest BCUT2D eigenvalue weighted by Crippen LogP contribution is 2.25. The molecule has 0 radical (unpaired) electrons. The van der Waals surface area contributed by atoms with Crippen molar-refractivity contribution in [2.75, 3.05) is 19.8 Å². The third-order valence-corrected chi connectivity index (χ3v) is 4.20. The van der Waals surface area contributed by atoms with Crippen molar-refractivity contribution in [3.63, 3.8) is 0 Å². The number of hydrogen-bond acceptors (Lipinski definition) is 4. The number of nitrogens with zero attached hydrogens (tertiary/aromatic N) is 1. The largest absolute Gasteiger partial charge is 0.478 e. The van der Waals surface area contributed by atoms with Crippen LogP contribution in [-0.2, 0) is 16.1 Å². The Balaban J connectivity index is 2.01. The number of ether oxygens (including phenoxy) is 1. The molecule has 0 unspecified atom stereocenters. The molecule has 1 aliphatic heterocycles. The lowest BCUT2D eigenvalue weighted by Crippen LogP contribution is -2.52. The van der Waals surface area contributed by atoms with Crippen LogP contribution in [0.3, 0.4) is 0 Å². The predicted molar refractivity (Wildman–Crippen MR) is 76.3 cm³/mol. The second-order valence-corrected chi connectivity index (χ2v) is 6.30. The van der Waals surface area contributed by atoms with E-state index in [-0.39, 0.29) is 5.54 Å². The number of hydrogen-bond donors (Lipinski definition) is 1. The summed E-state index contributed by atoms with van der Waals surface area (Å²) in [6, 6.07) is 2.05. The maximum Gasteiger partial charge on any atom is 0.328 e. The average molecular weight is 281 g/mol. The molecule has 1 fully saturated rings. The molecule has 104 valence electrons.